The van der Waals surface area contributed by atoms with Crippen LogP contribution in [0.5, 0.6) is 5.75 Å². The molecule has 27 heavy (non-hydrogen) atoms. The third kappa shape index (κ3) is 4.98. The molecule has 4 nitrogen and oxygen atoms in total. The summed E-state index contributed by atoms with van der Waals surface area (Å²) in [4.78, 5) is 2.38. The van der Waals surface area contributed by atoms with E-state index < -0.39 is 0 Å². The number of fused-ring (bicyclic) bond motifs is 1. The number of allylic oxidation sites excluding steroid dienone is 2. The molecule has 0 N–H and O–H groups in total. The van der Waals surface area contributed by atoms with E-state index in [2.05, 4.69) is 55.8 Å². The van der Waals surface area contributed by atoms with E-state index in [1.165, 1.54) is 16.9 Å². The summed E-state index contributed by atoms with van der Waals surface area (Å²) in [7, 11) is 0. The highest BCUT2D eigenvalue weighted by Gasteiger charge is 2.20. The van der Waals surface area contributed by atoms with Crippen molar-refractivity contribution in [3.63, 3.8) is 0 Å². The Morgan fingerprint density at radius 2 is 1.89 bits per heavy atom. The van der Waals surface area contributed by atoms with Gasteiger partial charge in [0.05, 0.1) is 0 Å². The van der Waals surface area contributed by atoms with Crippen molar-refractivity contribution in [1.29, 1.82) is 5.26 Å². The Hall–Kier alpha value is -3.06. The molecule has 0 saturated carbocycles. The Labute approximate surface area is 162 Å². The number of nitrogens with zero attached hydrogens (tertiary/aromatic N) is 3. The SMILES string of the molecule is C=[N+](CC)c1ccccc1OCC#N.CC=C1Cc2ccccc2N1CC. The normalized spacial score (nSPS) is 13.4. The van der Waals surface area contributed by atoms with Crippen molar-refractivity contribution in [2.75, 3.05) is 24.6 Å². The minimum atomic E-state index is 0.0641. The molecular formula is C23H28N3O+. The molecule has 3 rings (SSSR count). The predicted molar refractivity (Wildman–Crippen MR) is 112 cm³/mol. The molecule has 0 bridgehead atoms. The Kier molecular flexibility index (Phi) is 7.63. The van der Waals surface area contributed by atoms with Gasteiger partial charge < -0.3 is 9.64 Å². The summed E-state index contributed by atoms with van der Waals surface area (Å²) in [5.41, 5.74) is 5.18. The molecule has 2 aromatic rings. The lowest BCUT2D eigenvalue weighted by Crippen LogP contribution is -2.17. The lowest BCUT2D eigenvalue weighted by atomic mass is 10.1. The van der Waals surface area contributed by atoms with Gasteiger partial charge in [-0.15, -0.1) is 0 Å². The van der Waals surface area contributed by atoms with Crippen molar-refractivity contribution >= 4 is 18.1 Å². The first-order valence-corrected chi connectivity index (χ1v) is 9.33. The molecule has 1 heterocycles. The second kappa shape index (κ2) is 10.2. The highest BCUT2D eigenvalue weighted by atomic mass is 16.5. The summed E-state index contributed by atoms with van der Waals surface area (Å²) in [6, 6.07) is 18.1. The van der Waals surface area contributed by atoms with E-state index in [4.69, 9.17) is 10.00 Å². The molecule has 1 aliphatic rings. The van der Waals surface area contributed by atoms with Gasteiger partial charge in [-0.1, -0.05) is 36.4 Å². The lowest BCUT2D eigenvalue weighted by molar-refractivity contribution is -0.427. The van der Waals surface area contributed by atoms with Crippen LogP contribution in [0.25, 0.3) is 0 Å². The summed E-state index contributed by atoms with van der Waals surface area (Å²) >= 11 is 0. The topological polar surface area (TPSA) is 39.3 Å². The number of anilines is 1. The van der Waals surface area contributed by atoms with Crippen molar-refractivity contribution in [3.05, 3.63) is 65.9 Å². The Balaban J connectivity index is 0.000000194. The summed E-state index contributed by atoms with van der Waals surface area (Å²) in [5.74, 6) is 0.700. The van der Waals surface area contributed by atoms with Crippen LogP contribution in [0.2, 0.25) is 0 Å². The fourth-order valence-electron chi connectivity index (χ4n) is 3.12. The smallest absolute Gasteiger partial charge is 0.247 e. The average molecular weight is 362 g/mol. The summed E-state index contributed by atoms with van der Waals surface area (Å²) in [6.45, 7) is 12.1. The fraction of sp³-hybridized carbons (Fsp3) is 0.304. The number of benzene rings is 2. The lowest BCUT2D eigenvalue weighted by Gasteiger charge is -2.18. The van der Waals surface area contributed by atoms with E-state index in [9.17, 15) is 0 Å². The van der Waals surface area contributed by atoms with Gasteiger partial charge in [0.2, 0.25) is 5.69 Å². The van der Waals surface area contributed by atoms with Crippen LogP contribution in [0.4, 0.5) is 11.4 Å². The summed E-state index contributed by atoms with van der Waals surface area (Å²) in [5, 5.41) is 8.41. The Bertz CT molecular complexity index is 849. The zero-order valence-corrected chi connectivity index (χ0v) is 16.5. The molecule has 0 radical (unpaired) electrons. The monoisotopic (exact) mass is 362 g/mol. The van der Waals surface area contributed by atoms with Crippen molar-refractivity contribution in [2.45, 2.75) is 27.2 Å². The standard InChI is InChI=1S/C12H15N.C11H13N2O/c1-3-11-9-10-7-5-6-8-12(10)13(11)4-2;1-3-13(2)10-6-4-5-7-11(10)14-9-8-12/h3,5-8H,4,9H2,1-2H3;4-7H,2-3,9H2,1H3/q;+1. The van der Waals surface area contributed by atoms with Crippen LogP contribution in [0.1, 0.15) is 26.3 Å². The number of para-hydroxylation sites is 3. The van der Waals surface area contributed by atoms with Crippen LogP contribution in [0, 0.1) is 11.3 Å². The maximum Gasteiger partial charge on any atom is 0.247 e. The van der Waals surface area contributed by atoms with Crippen LogP contribution < -0.4 is 9.64 Å². The molecular weight excluding hydrogens is 334 g/mol. The van der Waals surface area contributed by atoms with E-state index >= 15 is 0 Å². The molecule has 140 valence electrons. The maximum atomic E-state index is 8.41. The van der Waals surface area contributed by atoms with Gasteiger partial charge in [0, 0.05) is 30.4 Å². The molecule has 0 unspecified atom stereocenters. The van der Waals surface area contributed by atoms with E-state index in [0.717, 1.165) is 25.2 Å². The molecule has 0 saturated heterocycles. The zero-order chi connectivity index (χ0) is 19.6. The van der Waals surface area contributed by atoms with Crippen LogP contribution in [0.3, 0.4) is 0 Å². The van der Waals surface area contributed by atoms with Gasteiger partial charge in [-0.05, 0) is 38.5 Å². The quantitative estimate of drug-likeness (QED) is 0.559. The van der Waals surface area contributed by atoms with E-state index in [0.29, 0.717) is 5.75 Å². The predicted octanol–water partition coefficient (Wildman–Crippen LogP) is 4.93. The van der Waals surface area contributed by atoms with Gasteiger partial charge in [0.1, 0.15) is 19.3 Å². The number of hydrogen-bond acceptors (Lipinski definition) is 3. The molecule has 0 aromatic heterocycles. The van der Waals surface area contributed by atoms with Crippen LogP contribution in [0.15, 0.2) is 60.3 Å². The molecule has 0 fully saturated rings. The third-order valence-corrected chi connectivity index (χ3v) is 4.53. The average Bonchev–Trinajstić information content (AvgIpc) is 3.10. The third-order valence-electron chi connectivity index (χ3n) is 4.53. The Morgan fingerprint density at radius 1 is 1.19 bits per heavy atom. The van der Waals surface area contributed by atoms with Gasteiger partial charge in [0.25, 0.3) is 0 Å². The van der Waals surface area contributed by atoms with Crippen molar-refractivity contribution in [3.8, 4) is 11.8 Å². The maximum absolute atomic E-state index is 8.41. The highest BCUT2D eigenvalue weighted by molar-refractivity contribution is 5.64. The number of likely N-dealkylation sites (N-methyl/N-ethyl adjacent to an activating group) is 1. The molecule has 4 heteroatoms. The van der Waals surface area contributed by atoms with Gasteiger partial charge in [-0.25, -0.2) is 4.58 Å². The van der Waals surface area contributed by atoms with Gasteiger partial charge >= 0.3 is 0 Å². The van der Waals surface area contributed by atoms with Gasteiger partial charge in [0.15, 0.2) is 12.4 Å². The molecule has 1 aliphatic heterocycles. The first-order chi connectivity index (χ1) is 13.2. The molecule has 0 spiro atoms. The van der Waals surface area contributed by atoms with E-state index in [1.807, 2.05) is 41.8 Å². The van der Waals surface area contributed by atoms with Crippen LogP contribution in [-0.2, 0) is 6.42 Å². The molecule has 0 amide bonds. The number of hydrogen-bond donors (Lipinski definition) is 0. The second-order valence-electron chi connectivity index (χ2n) is 6.10. The van der Waals surface area contributed by atoms with Crippen molar-refractivity contribution in [2.24, 2.45) is 0 Å². The molecule has 2 aromatic carbocycles. The molecule has 0 atom stereocenters. The first kappa shape index (κ1) is 20.3. The minimum Gasteiger partial charge on any atom is -0.472 e. The van der Waals surface area contributed by atoms with Crippen molar-refractivity contribution < 1.29 is 9.31 Å². The second-order valence-corrected chi connectivity index (χ2v) is 6.10. The van der Waals surface area contributed by atoms with Crippen LogP contribution in [-0.4, -0.2) is 31.0 Å². The van der Waals surface area contributed by atoms with Crippen molar-refractivity contribution in [1.82, 2.24) is 0 Å². The van der Waals surface area contributed by atoms with Crippen LogP contribution >= 0.6 is 0 Å². The zero-order valence-electron chi connectivity index (χ0n) is 16.5. The Morgan fingerprint density at radius 3 is 2.56 bits per heavy atom. The number of rotatable bonds is 5. The molecule has 0 aliphatic carbocycles. The number of ether oxygens (including phenoxy) is 1. The van der Waals surface area contributed by atoms with Gasteiger partial charge in [-0.2, -0.15) is 5.26 Å². The van der Waals surface area contributed by atoms with Gasteiger partial charge in [-0.3, -0.25) is 0 Å². The van der Waals surface area contributed by atoms with E-state index in [-0.39, 0.29) is 6.61 Å². The number of nitriles is 1. The summed E-state index contributed by atoms with van der Waals surface area (Å²) < 4.78 is 7.09. The minimum absolute atomic E-state index is 0.0641. The first-order valence-electron chi connectivity index (χ1n) is 9.33. The van der Waals surface area contributed by atoms with E-state index in [1.54, 1.807) is 0 Å². The highest BCUT2D eigenvalue weighted by Crippen LogP contribution is 2.33. The fourth-order valence-corrected chi connectivity index (χ4v) is 3.12. The largest absolute Gasteiger partial charge is 0.472 e. The summed E-state index contributed by atoms with van der Waals surface area (Å²) in [6.07, 6.45) is 3.31.